The number of thioether (sulfide) groups is 1. The van der Waals surface area contributed by atoms with E-state index in [1.54, 1.807) is 11.8 Å². The zero-order valence-electron chi connectivity index (χ0n) is 13.5. The van der Waals surface area contributed by atoms with Crippen molar-refractivity contribution < 1.29 is 0 Å². The first-order valence-corrected chi connectivity index (χ1v) is 8.79. The van der Waals surface area contributed by atoms with Gasteiger partial charge in [-0.05, 0) is 50.1 Å². The molecule has 2 aromatic heterocycles. The van der Waals surface area contributed by atoms with Gasteiger partial charge in [0.2, 0.25) is 0 Å². The van der Waals surface area contributed by atoms with Crippen molar-refractivity contribution in [1.29, 1.82) is 0 Å². The summed E-state index contributed by atoms with van der Waals surface area (Å²) in [6.45, 7) is 7.53. The molecule has 2 heterocycles. The van der Waals surface area contributed by atoms with Gasteiger partial charge < -0.3 is 4.57 Å². The van der Waals surface area contributed by atoms with E-state index in [-0.39, 0.29) is 12.4 Å². The fraction of sp³-hybridized carbons (Fsp3) is 0.278. The van der Waals surface area contributed by atoms with E-state index in [9.17, 15) is 0 Å². The van der Waals surface area contributed by atoms with Crippen molar-refractivity contribution >= 4 is 46.7 Å². The van der Waals surface area contributed by atoms with Crippen molar-refractivity contribution in [2.45, 2.75) is 38.1 Å². The van der Waals surface area contributed by atoms with Gasteiger partial charge in [0.25, 0.3) is 0 Å². The highest BCUT2D eigenvalue weighted by Gasteiger charge is 2.14. The average Bonchev–Trinajstić information content (AvgIpc) is 2.79. The number of halogens is 2. The summed E-state index contributed by atoms with van der Waals surface area (Å²) in [4.78, 5) is 4.62. The van der Waals surface area contributed by atoms with E-state index in [0.29, 0.717) is 0 Å². The maximum Gasteiger partial charge on any atom is 0.121 e. The summed E-state index contributed by atoms with van der Waals surface area (Å²) in [5.74, 6) is 0.899. The Morgan fingerprint density at radius 1 is 1.13 bits per heavy atom. The van der Waals surface area contributed by atoms with Crippen LogP contribution in [0.25, 0.3) is 10.9 Å². The molecule has 5 heteroatoms. The molecule has 0 N–H and O–H groups in total. The molecule has 0 bridgehead atoms. The van der Waals surface area contributed by atoms with Gasteiger partial charge >= 0.3 is 0 Å². The van der Waals surface area contributed by atoms with Crippen LogP contribution < -0.4 is 0 Å². The SMILES string of the molecule is CCn1c(C)c(C)c2ccnc(SCc3ccc(Cl)cc3)c21.Cl. The van der Waals surface area contributed by atoms with E-state index in [2.05, 4.69) is 48.5 Å². The molecule has 0 radical (unpaired) electrons. The third-order valence-corrected chi connectivity index (χ3v) is 5.42. The van der Waals surface area contributed by atoms with Crippen LogP contribution >= 0.6 is 35.8 Å². The standard InChI is InChI=1S/C18H19ClN2S.ClH/c1-4-21-13(3)12(2)16-9-10-20-18(17(16)21)22-11-14-5-7-15(19)8-6-14;/h5-10H,4,11H2,1-3H3;1H. The molecule has 0 spiro atoms. The number of aromatic nitrogens is 2. The van der Waals surface area contributed by atoms with Gasteiger partial charge in [-0.3, -0.25) is 0 Å². The molecule has 1 aromatic carbocycles. The zero-order valence-corrected chi connectivity index (χ0v) is 15.9. The lowest BCUT2D eigenvalue weighted by molar-refractivity contribution is 0.757. The number of fused-ring (bicyclic) bond motifs is 1. The number of hydrogen-bond acceptors (Lipinski definition) is 2. The molecule has 0 fully saturated rings. The van der Waals surface area contributed by atoms with Gasteiger partial charge in [0, 0.05) is 34.6 Å². The van der Waals surface area contributed by atoms with Crippen LogP contribution in [0.15, 0.2) is 41.6 Å². The van der Waals surface area contributed by atoms with Crippen LogP contribution in [0, 0.1) is 13.8 Å². The number of rotatable bonds is 4. The topological polar surface area (TPSA) is 17.8 Å². The Morgan fingerprint density at radius 3 is 2.48 bits per heavy atom. The van der Waals surface area contributed by atoms with Crippen LogP contribution in [0.5, 0.6) is 0 Å². The molecule has 2 nitrogen and oxygen atoms in total. The highest BCUT2D eigenvalue weighted by Crippen LogP contribution is 2.33. The van der Waals surface area contributed by atoms with Crippen molar-refractivity contribution in [2.75, 3.05) is 0 Å². The van der Waals surface area contributed by atoms with Gasteiger partial charge in [-0.2, -0.15) is 0 Å². The highest BCUT2D eigenvalue weighted by atomic mass is 35.5. The van der Waals surface area contributed by atoms with Gasteiger partial charge in [0.05, 0.1) is 5.52 Å². The maximum absolute atomic E-state index is 5.94. The Labute approximate surface area is 152 Å². The van der Waals surface area contributed by atoms with Gasteiger partial charge in [0.1, 0.15) is 5.03 Å². The first kappa shape index (κ1) is 18.2. The number of pyridine rings is 1. The molecule has 0 saturated heterocycles. The van der Waals surface area contributed by atoms with Crippen molar-refractivity contribution in [2.24, 2.45) is 0 Å². The van der Waals surface area contributed by atoms with Crippen LogP contribution in [0.2, 0.25) is 5.02 Å². The minimum atomic E-state index is 0. The second kappa shape index (κ2) is 7.61. The van der Waals surface area contributed by atoms with E-state index in [1.807, 2.05) is 18.3 Å². The van der Waals surface area contributed by atoms with Crippen LogP contribution in [0.4, 0.5) is 0 Å². The Morgan fingerprint density at radius 2 is 1.83 bits per heavy atom. The first-order valence-electron chi connectivity index (χ1n) is 7.43. The molecule has 0 aliphatic heterocycles. The highest BCUT2D eigenvalue weighted by molar-refractivity contribution is 7.98. The lowest BCUT2D eigenvalue weighted by Gasteiger charge is -2.08. The van der Waals surface area contributed by atoms with E-state index >= 15 is 0 Å². The zero-order chi connectivity index (χ0) is 15.7. The monoisotopic (exact) mass is 366 g/mol. The van der Waals surface area contributed by atoms with Crippen LogP contribution in [0.3, 0.4) is 0 Å². The summed E-state index contributed by atoms with van der Waals surface area (Å²) < 4.78 is 2.36. The molecule has 0 unspecified atom stereocenters. The Hall–Kier alpha value is -1.16. The predicted octanol–water partition coefficient (Wildman–Crippen LogP) is 6.04. The Balaban J connectivity index is 0.00000192. The average molecular weight is 367 g/mol. The molecule has 3 aromatic rings. The maximum atomic E-state index is 5.94. The smallest absolute Gasteiger partial charge is 0.121 e. The molecular weight excluding hydrogens is 347 g/mol. The first-order chi connectivity index (χ1) is 10.6. The number of nitrogens with zero attached hydrogens (tertiary/aromatic N) is 2. The van der Waals surface area contributed by atoms with Gasteiger partial charge in [-0.25, -0.2) is 4.98 Å². The number of benzene rings is 1. The lowest BCUT2D eigenvalue weighted by atomic mass is 10.2. The molecular formula is C18H20Cl2N2S. The predicted molar refractivity (Wildman–Crippen MR) is 103 cm³/mol. The summed E-state index contributed by atoms with van der Waals surface area (Å²) in [7, 11) is 0. The molecule has 0 aliphatic rings. The molecule has 0 atom stereocenters. The van der Waals surface area contributed by atoms with E-state index in [1.165, 1.54) is 27.7 Å². The molecule has 3 rings (SSSR count). The van der Waals surface area contributed by atoms with Crippen molar-refractivity contribution in [3.63, 3.8) is 0 Å². The van der Waals surface area contributed by atoms with Gasteiger partial charge in [0.15, 0.2) is 0 Å². The second-order valence-corrected chi connectivity index (χ2v) is 6.78. The number of hydrogen-bond donors (Lipinski definition) is 0. The minimum absolute atomic E-state index is 0. The fourth-order valence-corrected chi connectivity index (χ4v) is 3.91. The quantitative estimate of drug-likeness (QED) is 0.523. The Kier molecular flexibility index (Phi) is 6.01. The van der Waals surface area contributed by atoms with Gasteiger partial charge in [-0.15, -0.1) is 12.4 Å². The molecule has 0 aliphatic carbocycles. The fourth-order valence-electron chi connectivity index (χ4n) is 2.80. The van der Waals surface area contributed by atoms with E-state index in [4.69, 9.17) is 11.6 Å². The Bertz CT molecular complexity index is 810. The largest absolute Gasteiger partial charge is 0.343 e. The second-order valence-electron chi connectivity index (χ2n) is 5.38. The molecule has 0 amide bonds. The van der Waals surface area contributed by atoms with Gasteiger partial charge in [-0.1, -0.05) is 35.5 Å². The summed E-state index contributed by atoms with van der Waals surface area (Å²) in [6, 6.07) is 10.1. The van der Waals surface area contributed by atoms with Crippen LogP contribution in [-0.4, -0.2) is 9.55 Å². The number of aryl methyl sites for hydroxylation is 2. The third-order valence-electron chi connectivity index (χ3n) is 4.12. The summed E-state index contributed by atoms with van der Waals surface area (Å²) >= 11 is 7.73. The molecule has 122 valence electrons. The summed E-state index contributed by atoms with van der Waals surface area (Å²) in [6.07, 6.45) is 1.92. The normalized spacial score (nSPS) is 10.8. The van der Waals surface area contributed by atoms with Crippen molar-refractivity contribution in [1.82, 2.24) is 9.55 Å². The molecule has 0 saturated carbocycles. The summed E-state index contributed by atoms with van der Waals surface area (Å²) in [5, 5.41) is 3.19. The van der Waals surface area contributed by atoms with E-state index in [0.717, 1.165) is 22.3 Å². The third kappa shape index (κ3) is 3.52. The van der Waals surface area contributed by atoms with E-state index < -0.39 is 0 Å². The van der Waals surface area contributed by atoms with Crippen molar-refractivity contribution in [3.8, 4) is 0 Å². The van der Waals surface area contributed by atoms with Crippen LogP contribution in [-0.2, 0) is 12.3 Å². The molecule has 23 heavy (non-hydrogen) atoms. The lowest BCUT2D eigenvalue weighted by Crippen LogP contribution is -1.98. The van der Waals surface area contributed by atoms with Crippen LogP contribution in [0.1, 0.15) is 23.7 Å². The minimum Gasteiger partial charge on any atom is -0.343 e. The summed E-state index contributed by atoms with van der Waals surface area (Å²) in [5.41, 5.74) is 5.21. The van der Waals surface area contributed by atoms with Crippen molar-refractivity contribution in [3.05, 3.63) is 58.4 Å².